The van der Waals surface area contributed by atoms with Gasteiger partial charge in [-0.05, 0) is 45.9 Å². The van der Waals surface area contributed by atoms with E-state index in [0.717, 1.165) is 12.1 Å². The van der Waals surface area contributed by atoms with Gasteiger partial charge in [0.2, 0.25) is 0 Å². The molecule has 0 saturated carbocycles. The maximum absolute atomic E-state index is 13.5. The lowest BCUT2D eigenvalue weighted by Gasteiger charge is -2.21. The number of hydrogen-bond acceptors (Lipinski definition) is 4. The first kappa shape index (κ1) is 18.9. The smallest absolute Gasteiger partial charge is 0.341 e. The molecular formula is C15H18ClFN2O4. The fraction of sp³-hybridized carbons (Fsp3) is 0.400. The number of rotatable bonds is 3. The number of esters is 1. The van der Waals surface area contributed by atoms with Crippen LogP contribution in [0.15, 0.2) is 18.2 Å². The van der Waals surface area contributed by atoms with Crippen molar-refractivity contribution in [2.75, 3.05) is 0 Å². The van der Waals surface area contributed by atoms with E-state index >= 15 is 0 Å². The summed E-state index contributed by atoms with van der Waals surface area (Å²) in [6.45, 7) is 6.48. The van der Waals surface area contributed by atoms with Crippen LogP contribution in [-0.4, -0.2) is 29.6 Å². The summed E-state index contributed by atoms with van der Waals surface area (Å²) < 4.78 is 18.4. The highest BCUT2D eigenvalue weighted by molar-refractivity contribution is 6.30. The molecule has 1 unspecified atom stereocenters. The lowest BCUT2D eigenvalue weighted by molar-refractivity contribution is -0.127. The Morgan fingerprint density at radius 3 is 2.43 bits per heavy atom. The molecule has 2 N–H and O–H groups in total. The molecule has 0 aliphatic rings. The van der Waals surface area contributed by atoms with Gasteiger partial charge in [0.15, 0.2) is 6.10 Å². The van der Waals surface area contributed by atoms with Crippen LogP contribution in [0.4, 0.5) is 9.18 Å². The van der Waals surface area contributed by atoms with Crippen LogP contribution < -0.4 is 10.6 Å². The van der Waals surface area contributed by atoms with Gasteiger partial charge in [-0.2, -0.15) is 0 Å². The number of carbonyl (C=O) groups is 3. The van der Waals surface area contributed by atoms with Crippen LogP contribution in [0.1, 0.15) is 38.1 Å². The number of halogens is 2. The zero-order valence-electron chi connectivity index (χ0n) is 13.2. The van der Waals surface area contributed by atoms with E-state index < -0.39 is 40.9 Å². The van der Waals surface area contributed by atoms with Gasteiger partial charge >= 0.3 is 12.0 Å². The Kier molecular flexibility index (Phi) is 6.09. The molecule has 0 spiro atoms. The predicted molar refractivity (Wildman–Crippen MR) is 82.7 cm³/mol. The minimum atomic E-state index is -1.29. The zero-order chi connectivity index (χ0) is 17.8. The van der Waals surface area contributed by atoms with Gasteiger partial charge in [0.1, 0.15) is 5.82 Å². The lowest BCUT2D eigenvalue weighted by Crippen LogP contribution is -2.50. The molecule has 1 aromatic carbocycles. The van der Waals surface area contributed by atoms with Gasteiger partial charge < -0.3 is 10.1 Å². The molecule has 0 fully saturated rings. The van der Waals surface area contributed by atoms with Crippen molar-refractivity contribution in [1.29, 1.82) is 0 Å². The number of ether oxygens (including phenoxy) is 1. The number of urea groups is 1. The van der Waals surface area contributed by atoms with Crippen molar-refractivity contribution in [2.45, 2.75) is 39.3 Å². The fourth-order valence-electron chi connectivity index (χ4n) is 1.52. The van der Waals surface area contributed by atoms with E-state index in [4.69, 9.17) is 16.3 Å². The zero-order valence-corrected chi connectivity index (χ0v) is 14.0. The molecule has 23 heavy (non-hydrogen) atoms. The van der Waals surface area contributed by atoms with Gasteiger partial charge in [-0.3, -0.25) is 10.1 Å². The number of carbonyl (C=O) groups excluding carboxylic acids is 3. The van der Waals surface area contributed by atoms with Gasteiger partial charge in [-0.1, -0.05) is 11.6 Å². The standard InChI is InChI=1S/C15H18ClFN2O4/c1-8(12(20)18-14(22)19-15(2,3)4)23-13(21)10-7-9(16)5-6-11(10)17/h5-8H,1-4H3,(H2,18,19,20,22). The monoisotopic (exact) mass is 344 g/mol. The Balaban J connectivity index is 2.66. The van der Waals surface area contributed by atoms with E-state index in [9.17, 15) is 18.8 Å². The number of benzene rings is 1. The van der Waals surface area contributed by atoms with Crippen LogP contribution in [0.3, 0.4) is 0 Å². The SMILES string of the molecule is CC(OC(=O)c1cc(Cl)ccc1F)C(=O)NC(=O)NC(C)(C)C. The average Bonchev–Trinajstić information content (AvgIpc) is 2.38. The quantitative estimate of drug-likeness (QED) is 0.825. The summed E-state index contributed by atoms with van der Waals surface area (Å²) in [5, 5.41) is 4.70. The van der Waals surface area contributed by atoms with Crippen molar-refractivity contribution in [3.05, 3.63) is 34.6 Å². The number of nitrogens with one attached hydrogen (secondary N) is 2. The summed E-state index contributed by atoms with van der Waals surface area (Å²) >= 11 is 5.68. The number of amides is 3. The van der Waals surface area contributed by atoms with E-state index in [2.05, 4.69) is 5.32 Å². The summed E-state index contributed by atoms with van der Waals surface area (Å²) in [6, 6.07) is 2.66. The minimum absolute atomic E-state index is 0.153. The van der Waals surface area contributed by atoms with E-state index in [0.29, 0.717) is 0 Å². The van der Waals surface area contributed by atoms with Gasteiger partial charge in [-0.25, -0.2) is 14.0 Å². The molecule has 6 nitrogen and oxygen atoms in total. The Morgan fingerprint density at radius 2 is 1.87 bits per heavy atom. The molecule has 0 saturated heterocycles. The van der Waals surface area contributed by atoms with Crippen molar-refractivity contribution < 1.29 is 23.5 Å². The maximum Gasteiger partial charge on any atom is 0.341 e. The largest absolute Gasteiger partial charge is 0.449 e. The molecule has 126 valence electrons. The van der Waals surface area contributed by atoms with Crippen LogP contribution in [0, 0.1) is 5.82 Å². The highest BCUT2D eigenvalue weighted by Crippen LogP contribution is 2.16. The van der Waals surface area contributed by atoms with Crippen LogP contribution in [-0.2, 0) is 9.53 Å². The molecular weight excluding hydrogens is 327 g/mol. The Labute approximate surface area is 138 Å². The van der Waals surface area contributed by atoms with Crippen LogP contribution in [0.5, 0.6) is 0 Å². The topological polar surface area (TPSA) is 84.5 Å². The highest BCUT2D eigenvalue weighted by Gasteiger charge is 2.24. The molecule has 0 aliphatic carbocycles. The molecule has 3 amide bonds. The molecule has 0 bridgehead atoms. The molecule has 0 aromatic heterocycles. The summed E-state index contributed by atoms with van der Waals surface area (Å²) in [6.07, 6.45) is -1.29. The molecule has 0 aliphatic heterocycles. The van der Waals surface area contributed by atoms with Crippen molar-refractivity contribution in [1.82, 2.24) is 10.6 Å². The van der Waals surface area contributed by atoms with Gasteiger partial charge in [0.25, 0.3) is 5.91 Å². The van der Waals surface area contributed by atoms with Gasteiger partial charge in [0, 0.05) is 10.6 Å². The lowest BCUT2D eigenvalue weighted by atomic mass is 10.1. The van der Waals surface area contributed by atoms with Crippen molar-refractivity contribution in [2.24, 2.45) is 0 Å². The van der Waals surface area contributed by atoms with Crippen LogP contribution in [0.25, 0.3) is 0 Å². The van der Waals surface area contributed by atoms with E-state index in [-0.39, 0.29) is 5.02 Å². The molecule has 8 heteroatoms. The first-order valence-corrected chi connectivity index (χ1v) is 7.16. The summed E-state index contributed by atoms with van der Waals surface area (Å²) in [5.41, 5.74) is -0.926. The number of hydrogen-bond donors (Lipinski definition) is 2. The Morgan fingerprint density at radius 1 is 1.26 bits per heavy atom. The average molecular weight is 345 g/mol. The summed E-state index contributed by atoms with van der Waals surface area (Å²) in [5.74, 6) is -2.70. The number of imide groups is 1. The molecule has 0 radical (unpaired) electrons. The van der Waals surface area contributed by atoms with E-state index in [1.165, 1.54) is 13.0 Å². The van der Waals surface area contributed by atoms with Crippen LogP contribution >= 0.6 is 11.6 Å². The predicted octanol–water partition coefficient (Wildman–Crippen LogP) is 2.65. The van der Waals surface area contributed by atoms with Crippen LogP contribution in [0.2, 0.25) is 5.02 Å². The second kappa shape index (κ2) is 7.41. The van der Waals surface area contributed by atoms with Crippen molar-refractivity contribution in [3.63, 3.8) is 0 Å². The molecule has 1 atom stereocenters. The summed E-state index contributed by atoms with van der Waals surface area (Å²) in [7, 11) is 0. The Bertz CT molecular complexity index is 628. The Hall–Kier alpha value is -2.15. The van der Waals surface area contributed by atoms with E-state index in [1.807, 2.05) is 5.32 Å². The van der Waals surface area contributed by atoms with Crippen molar-refractivity contribution >= 4 is 29.5 Å². The van der Waals surface area contributed by atoms with Gasteiger partial charge in [-0.15, -0.1) is 0 Å². The normalized spacial score (nSPS) is 12.3. The third-order valence-electron chi connectivity index (χ3n) is 2.53. The van der Waals surface area contributed by atoms with E-state index in [1.54, 1.807) is 20.8 Å². The first-order valence-electron chi connectivity index (χ1n) is 6.78. The molecule has 1 aromatic rings. The second-order valence-corrected chi connectivity index (χ2v) is 6.30. The molecule has 0 heterocycles. The summed E-state index contributed by atoms with van der Waals surface area (Å²) in [4.78, 5) is 35.2. The first-order chi connectivity index (χ1) is 10.5. The third kappa shape index (κ3) is 6.23. The van der Waals surface area contributed by atoms with Gasteiger partial charge in [0.05, 0.1) is 5.56 Å². The van der Waals surface area contributed by atoms with Crippen molar-refractivity contribution in [3.8, 4) is 0 Å². The fourth-order valence-corrected chi connectivity index (χ4v) is 1.69. The molecule has 1 rings (SSSR count). The maximum atomic E-state index is 13.5. The third-order valence-corrected chi connectivity index (χ3v) is 2.76. The second-order valence-electron chi connectivity index (χ2n) is 5.87. The highest BCUT2D eigenvalue weighted by atomic mass is 35.5. The minimum Gasteiger partial charge on any atom is -0.449 e.